The Hall–Kier alpha value is -4.21. The number of anilines is 2. The fraction of sp³-hybridized carbons (Fsp3) is 0.659. The predicted octanol–water partition coefficient (Wildman–Crippen LogP) is 4.45. The number of sulfone groups is 2. The number of carboxylic acids is 1. The lowest BCUT2D eigenvalue weighted by Crippen LogP contribution is -2.40. The van der Waals surface area contributed by atoms with E-state index in [4.69, 9.17) is 30.8 Å². The van der Waals surface area contributed by atoms with E-state index in [1.807, 2.05) is 0 Å². The summed E-state index contributed by atoms with van der Waals surface area (Å²) in [6.07, 6.45) is 6.37. The molecule has 64 heavy (non-hydrogen) atoms. The van der Waals surface area contributed by atoms with Crippen LogP contribution in [0.1, 0.15) is 101 Å². The summed E-state index contributed by atoms with van der Waals surface area (Å²) in [6.45, 7) is 22.4. The number of ether oxygens (including phenoxy) is 4. The number of amides is 1. The zero-order chi connectivity index (χ0) is 48.6. The van der Waals surface area contributed by atoms with Gasteiger partial charge in [0, 0.05) is 50.8 Å². The molecular formula is C44H76N6O12S2. The molecule has 2 atom stereocenters. The second-order valence-corrected chi connectivity index (χ2v) is 19.6. The molecule has 0 radical (unpaired) electrons. The molecular weight excluding hydrogens is 869 g/mol. The number of carboxylic acid groups (broad SMARTS) is 1. The molecule has 3 saturated heterocycles. The third-order valence-corrected chi connectivity index (χ3v) is 14.5. The van der Waals surface area contributed by atoms with Crippen molar-refractivity contribution in [2.24, 2.45) is 0 Å². The number of nitrogen functional groups attached to an aromatic ring is 2. The molecule has 20 heteroatoms. The van der Waals surface area contributed by atoms with Gasteiger partial charge < -0.3 is 50.6 Å². The van der Waals surface area contributed by atoms with Crippen molar-refractivity contribution < 1.29 is 55.3 Å². The maximum atomic E-state index is 12.6. The van der Waals surface area contributed by atoms with Crippen LogP contribution >= 0.6 is 0 Å². The molecule has 3 fully saturated rings. The fourth-order valence-corrected chi connectivity index (χ4v) is 9.22. The number of morpholine rings is 1. The molecule has 3 aliphatic heterocycles. The van der Waals surface area contributed by atoms with Crippen LogP contribution in [0.5, 0.6) is 11.5 Å². The average molecular weight is 945 g/mol. The second kappa shape index (κ2) is 29.4. The van der Waals surface area contributed by atoms with E-state index in [2.05, 4.69) is 52.6 Å². The highest BCUT2D eigenvalue weighted by molar-refractivity contribution is 7.91. The zero-order valence-corrected chi connectivity index (χ0v) is 41.4. The summed E-state index contributed by atoms with van der Waals surface area (Å²) < 4.78 is 67.3. The normalized spacial score (nSPS) is 17.7. The lowest BCUT2D eigenvalue weighted by molar-refractivity contribution is -0.140. The molecule has 2 aromatic rings. The maximum absolute atomic E-state index is 12.6. The molecule has 1 amide bonds. The number of rotatable bonds is 14. The Morgan fingerprint density at radius 2 is 1.20 bits per heavy atom. The van der Waals surface area contributed by atoms with Gasteiger partial charge in [-0.05, 0) is 84.4 Å². The molecule has 5 rings (SSSR count). The molecule has 3 aliphatic rings. The van der Waals surface area contributed by atoms with E-state index in [0.29, 0.717) is 19.2 Å². The van der Waals surface area contributed by atoms with Crippen molar-refractivity contribution in [2.75, 3.05) is 110 Å². The Morgan fingerprint density at radius 1 is 0.750 bits per heavy atom. The topological polar surface area (TPSA) is 250 Å². The van der Waals surface area contributed by atoms with Crippen LogP contribution in [0.3, 0.4) is 0 Å². The maximum Gasteiger partial charge on any atom is 0.339 e. The van der Waals surface area contributed by atoms with Crippen molar-refractivity contribution in [3.8, 4) is 11.5 Å². The molecule has 366 valence electrons. The summed E-state index contributed by atoms with van der Waals surface area (Å²) in [4.78, 5) is 40.3. The van der Waals surface area contributed by atoms with E-state index in [9.17, 15) is 31.2 Å². The molecule has 18 nitrogen and oxygen atoms in total. The highest BCUT2D eigenvalue weighted by Gasteiger charge is 2.26. The second-order valence-electron chi connectivity index (χ2n) is 15.1. The van der Waals surface area contributed by atoms with E-state index in [0.717, 1.165) is 64.3 Å². The Kier molecular flexibility index (Phi) is 26.5. The number of benzene rings is 2. The first kappa shape index (κ1) is 57.8. The quantitative estimate of drug-likeness (QED) is 0.151. The third kappa shape index (κ3) is 18.7. The van der Waals surface area contributed by atoms with Gasteiger partial charge in [-0.25, -0.2) is 21.6 Å². The molecule has 3 heterocycles. The number of esters is 1. The summed E-state index contributed by atoms with van der Waals surface area (Å²) in [6, 6.07) is 6.16. The first-order valence-corrected chi connectivity index (χ1v) is 25.3. The van der Waals surface area contributed by atoms with Crippen LogP contribution in [0.25, 0.3) is 0 Å². The minimum Gasteiger partial charge on any atom is -0.496 e. The van der Waals surface area contributed by atoms with Gasteiger partial charge in [-0.15, -0.1) is 0 Å². The van der Waals surface area contributed by atoms with Gasteiger partial charge in [-0.2, -0.15) is 0 Å². The molecule has 2 aromatic carbocycles. The number of methoxy groups -OCH3 is 2. The van der Waals surface area contributed by atoms with E-state index >= 15 is 0 Å². The van der Waals surface area contributed by atoms with Crippen LogP contribution in [0.2, 0.25) is 0 Å². The lowest BCUT2D eigenvalue weighted by Gasteiger charge is -2.23. The van der Waals surface area contributed by atoms with Gasteiger partial charge in [0.1, 0.15) is 17.1 Å². The van der Waals surface area contributed by atoms with Crippen LogP contribution in [0.4, 0.5) is 11.4 Å². The minimum atomic E-state index is -3.55. The van der Waals surface area contributed by atoms with Crippen molar-refractivity contribution in [3.05, 3.63) is 35.4 Å². The van der Waals surface area contributed by atoms with Crippen LogP contribution in [-0.4, -0.2) is 165 Å². The standard InChI is InChI=1S/C17H27N3O4S.C10H13NO5S.C8H17N.C5H11NO.C4H8O2/c1-4-20-8-6-7-12(20)11-19-17(21)13-9-16(25(22,23)5-2)14(18)10-15(13)24-3;1-3-17(14,15)9-4-6(10(12)13)8(16-2)5-7(9)11;1-3-8-6-5-7-9(8)4-2;1-6-2-4-7-5-3-6;1-3-6-4(2)5/h9-10,12H,4-8,11,18H2,1-3H3,(H,19,21);4-5H,3,11H2,1-2H3,(H,12,13);8H,3-7H2,1-2H3;2-5H2,1H3;3H2,1-2H3/t12-;;8-;;/m0.1../s1. The Balaban J connectivity index is 0.000000448. The molecule has 0 saturated carbocycles. The summed E-state index contributed by atoms with van der Waals surface area (Å²) in [7, 11) is -2.25. The largest absolute Gasteiger partial charge is 0.496 e. The van der Waals surface area contributed by atoms with Gasteiger partial charge in [-0.3, -0.25) is 14.5 Å². The van der Waals surface area contributed by atoms with Crippen LogP contribution in [0, 0.1) is 0 Å². The van der Waals surface area contributed by atoms with Gasteiger partial charge in [0.05, 0.1) is 72.3 Å². The van der Waals surface area contributed by atoms with Crippen molar-refractivity contribution >= 4 is 48.9 Å². The Bertz CT molecular complexity index is 1970. The highest BCUT2D eigenvalue weighted by atomic mass is 32.2. The van der Waals surface area contributed by atoms with Gasteiger partial charge in [0.2, 0.25) is 0 Å². The minimum absolute atomic E-state index is 0.0197. The number of hydrogen-bond acceptors (Lipinski definition) is 16. The average Bonchev–Trinajstić information content (AvgIpc) is 3.95. The Morgan fingerprint density at radius 3 is 1.55 bits per heavy atom. The SMILES string of the molecule is CCN1CCC[C@H]1CNC(=O)c1cc(S(=O)(=O)CC)c(N)cc1OC.CCOC(C)=O.CCS(=O)(=O)c1cc(C(=O)O)c(OC)cc1N.CC[C@@H]1CCCN1CC.CN1CCOCC1. The lowest BCUT2D eigenvalue weighted by atomic mass is 10.1. The third-order valence-electron chi connectivity index (χ3n) is 10.9. The monoisotopic (exact) mass is 944 g/mol. The number of likely N-dealkylation sites (tertiary alicyclic amines) is 2. The summed E-state index contributed by atoms with van der Waals surface area (Å²) in [5.74, 6) is -1.77. The van der Waals surface area contributed by atoms with E-state index in [1.54, 1.807) is 6.92 Å². The molecule has 6 N–H and O–H groups in total. The van der Waals surface area contributed by atoms with Crippen molar-refractivity contribution in [2.45, 2.75) is 102 Å². The number of hydrogen-bond donors (Lipinski definition) is 4. The first-order chi connectivity index (χ1) is 30.2. The highest BCUT2D eigenvalue weighted by Crippen LogP contribution is 2.31. The van der Waals surface area contributed by atoms with Crippen LogP contribution < -0.4 is 26.3 Å². The molecule has 0 bridgehead atoms. The van der Waals surface area contributed by atoms with Gasteiger partial charge >= 0.3 is 11.9 Å². The van der Waals surface area contributed by atoms with Gasteiger partial charge in [-0.1, -0.05) is 34.6 Å². The van der Waals surface area contributed by atoms with Crippen LogP contribution in [0.15, 0.2) is 34.1 Å². The molecule has 0 unspecified atom stereocenters. The van der Waals surface area contributed by atoms with Crippen molar-refractivity contribution in [1.29, 1.82) is 0 Å². The van der Waals surface area contributed by atoms with Crippen molar-refractivity contribution in [3.63, 3.8) is 0 Å². The molecule has 0 aliphatic carbocycles. The molecule has 0 spiro atoms. The smallest absolute Gasteiger partial charge is 0.339 e. The predicted molar refractivity (Wildman–Crippen MR) is 251 cm³/mol. The fourth-order valence-electron chi connectivity index (χ4n) is 7.16. The molecule has 0 aromatic heterocycles. The number of nitrogens with two attached hydrogens (primary N) is 2. The van der Waals surface area contributed by atoms with E-state index in [1.165, 1.54) is 85.5 Å². The van der Waals surface area contributed by atoms with Crippen molar-refractivity contribution in [1.82, 2.24) is 20.0 Å². The number of nitrogens with zero attached hydrogens (tertiary/aromatic N) is 3. The van der Waals surface area contributed by atoms with Gasteiger partial charge in [0.25, 0.3) is 5.91 Å². The van der Waals surface area contributed by atoms with Gasteiger partial charge in [0.15, 0.2) is 19.7 Å². The summed E-state index contributed by atoms with van der Waals surface area (Å²) in [5, 5.41) is 11.8. The van der Waals surface area contributed by atoms with E-state index < -0.39 is 25.6 Å². The number of nitrogens with one attached hydrogen (secondary N) is 1. The number of carbonyl (C=O) groups excluding carboxylic acids is 2. The Labute approximate surface area is 382 Å². The summed E-state index contributed by atoms with van der Waals surface area (Å²) >= 11 is 0. The van der Waals surface area contributed by atoms with E-state index in [-0.39, 0.29) is 67.2 Å². The first-order valence-electron chi connectivity index (χ1n) is 22.0. The number of likely N-dealkylation sites (N-methyl/N-ethyl adjacent to an activating group) is 2. The number of carbonyl (C=O) groups is 3. The zero-order valence-electron chi connectivity index (χ0n) is 39.7. The number of aromatic carboxylic acids is 1. The van der Waals surface area contributed by atoms with Crippen LogP contribution in [-0.2, 0) is 33.9 Å². The summed E-state index contributed by atoms with van der Waals surface area (Å²) in [5.41, 5.74) is 11.4.